The molecular formula is C15H18N2O6. The number of benzene rings is 1. The average Bonchev–Trinajstić information content (AvgIpc) is 2.47. The Kier molecular flexibility index (Phi) is 5.97. The second-order valence-corrected chi connectivity index (χ2v) is 5.43. The second kappa shape index (κ2) is 7.50. The van der Waals surface area contributed by atoms with E-state index in [9.17, 15) is 19.7 Å². The number of aromatic carboxylic acids is 1. The van der Waals surface area contributed by atoms with Crippen molar-refractivity contribution in [3.8, 4) is 0 Å². The largest absolute Gasteiger partial charge is 0.478 e. The Balaban J connectivity index is 2.99. The molecule has 0 bridgehead atoms. The molecule has 124 valence electrons. The van der Waals surface area contributed by atoms with Gasteiger partial charge in [-0.2, -0.15) is 0 Å². The number of nitro groups is 1. The van der Waals surface area contributed by atoms with Crippen LogP contribution < -0.4 is 5.32 Å². The number of hydrogen-bond acceptors (Lipinski definition) is 5. The summed E-state index contributed by atoms with van der Waals surface area (Å²) in [6.07, 6.45) is 1.55. The van der Waals surface area contributed by atoms with Gasteiger partial charge in [0.2, 0.25) is 5.91 Å². The maximum absolute atomic E-state index is 12.3. The molecule has 1 aromatic rings. The number of nitrogens with one attached hydrogen (secondary N) is 1. The molecule has 1 rings (SSSR count). The summed E-state index contributed by atoms with van der Waals surface area (Å²) < 4.78 is 5.25. The zero-order valence-corrected chi connectivity index (χ0v) is 12.9. The van der Waals surface area contributed by atoms with Gasteiger partial charge < -0.3 is 15.2 Å². The van der Waals surface area contributed by atoms with E-state index in [1.165, 1.54) is 6.07 Å². The first-order valence-electron chi connectivity index (χ1n) is 6.71. The van der Waals surface area contributed by atoms with Crippen molar-refractivity contribution in [3.05, 3.63) is 46.5 Å². The fourth-order valence-electron chi connectivity index (χ4n) is 1.69. The van der Waals surface area contributed by atoms with Crippen molar-refractivity contribution >= 4 is 23.3 Å². The topological polar surface area (TPSA) is 119 Å². The number of ether oxygens (including phenoxy) is 1. The van der Waals surface area contributed by atoms with Crippen molar-refractivity contribution in [1.82, 2.24) is 0 Å². The van der Waals surface area contributed by atoms with Gasteiger partial charge in [-0.1, -0.05) is 6.08 Å². The Labute approximate surface area is 132 Å². The molecule has 0 aliphatic carbocycles. The highest BCUT2D eigenvalue weighted by molar-refractivity contribution is 6.02. The molecule has 0 aliphatic heterocycles. The average molecular weight is 322 g/mol. The van der Waals surface area contributed by atoms with Crippen LogP contribution in [0.15, 0.2) is 30.9 Å². The summed E-state index contributed by atoms with van der Waals surface area (Å²) in [5, 5.41) is 22.3. The van der Waals surface area contributed by atoms with Crippen LogP contribution in [0.3, 0.4) is 0 Å². The number of carboxylic acids is 1. The van der Waals surface area contributed by atoms with E-state index < -0.39 is 22.2 Å². The van der Waals surface area contributed by atoms with Gasteiger partial charge in [-0.3, -0.25) is 14.9 Å². The highest BCUT2D eigenvalue weighted by Crippen LogP contribution is 2.25. The van der Waals surface area contributed by atoms with Crippen molar-refractivity contribution in [1.29, 1.82) is 0 Å². The lowest BCUT2D eigenvalue weighted by molar-refractivity contribution is -0.384. The van der Waals surface area contributed by atoms with Crippen LogP contribution in [-0.4, -0.2) is 35.1 Å². The summed E-state index contributed by atoms with van der Waals surface area (Å²) in [6.45, 7) is 7.17. The molecule has 0 unspecified atom stereocenters. The number of rotatable bonds is 8. The first-order valence-corrected chi connectivity index (χ1v) is 6.71. The molecule has 0 radical (unpaired) electrons. The minimum Gasteiger partial charge on any atom is -0.478 e. The number of carbonyl (C=O) groups excluding carboxylic acids is 1. The van der Waals surface area contributed by atoms with E-state index in [4.69, 9.17) is 9.84 Å². The zero-order chi connectivity index (χ0) is 17.6. The van der Waals surface area contributed by atoms with Gasteiger partial charge in [0.25, 0.3) is 5.69 Å². The standard InChI is InChI=1S/C15H18N2O6/c1-4-7-23-9-15(2,3)14(20)16-12-6-5-10(17(21)22)8-11(12)13(18)19/h4-6,8H,1,7,9H2,2-3H3,(H,16,20)(H,18,19). The number of amides is 1. The van der Waals surface area contributed by atoms with E-state index in [0.29, 0.717) is 0 Å². The van der Waals surface area contributed by atoms with Crippen molar-refractivity contribution in [2.75, 3.05) is 18.5 Å². The van der Waals surface area contributed by atoms with Crippen LogP contribution in [0.4, 0.5) is 11.4 Å². The second-order valence-electron chi connectivity index (χ2n) is 5.43. The van der Waals surface area contributed by atoms with E-state index in [0.717, 1.165) is 12.1 Å². The molecule has 0 fully saturated rings. The first-order chi connectivity index (χ1) is 10.7. The van der Waals surface area contributed by atoms with E-state index in [1.54, 1.807) is 19.9 Å². The van der Waals surface area contributed by atoms with Gasteiger partial charge in [0.1, 0.15) is 0 Å². The minimum absolute atomic E-state index is 0.00936. The Bertz CT molecular complexity index is 639. The number of carbonyl (C=O) groups is 2. The fourth-order valence-corrected chi connectivity index (χ4v) is 1.69. The molecule has 2 N–H and O–H groups in total. The molecule has 0 saturated carbocycles. The molecule has 1 amide bonds. The van der Waals surface area contributed by atoms with Crippen LogP contribution in [0.1, 0.15) is 24.2 Å². The number of anilines is 1. The van der Waals surface area contributed by atoms with Crippen LogP contribution in [0.5, 0.6) is 0 Å². The lowest BCUT2D eigenvalue weighted by Crippen LogP contribution is -2.35. The quantitative estimate of drug-likeness (QED) is 0.328. The van der Waals surface area contributed by atoms with Crippen LogP contribution in [-0.2, 0) is 9.53 Å². The van der Waals surface area contributed by atoms with Crippen LogP contribution in [0.25, 0.3) is 0 Å². The lowest BCUT2D eigenvalue weighted by atomic mass is 9.93. The molecule has 0 saturated heterocycles. The summed E-state index contributed by atoms with van der Waals surface area (Å²) in [5.74, 6) is -1.83. The number of hydrogen-bond donors (Lipinski definition) is 2. The molecule has 8 heteroatoms. The first kappa shape index (κ1) is 18.3. The van der Waals surface area contributed by atoms with E-state index in [1.807, 2.05) is 0 Å². The smallest absolute Gasteiger partial charge is 0.338 e. The van der Waals surface area contributed by atoms with Crippen molar-refractivity contribution < 1.29 is 24.4 Å². The minimum atomic E-state index is -1.37. The number of carboxylic acid groups (broad SMARTS) is 1. The molecule has 0 atom stereocenters. The van der Waals surface area contributed by atoms with Crippen LogP contribution in [0.2, 0.25) is 0 Å². The molecule has 1 aromatic carbocycles. The maximum atomic E-state index is 12.3. The third-order valence-corrected chi connectivity index (χ3v) is 3.01. The van der Waals surface area contributed by atoms with Gasteiger partial charge in [-0.15, -0.1) is 6.58 Å². The molecule has 0 heterocycles. The van der Waals surface area contributed by atoms with Crippen LogP contribution >= 0.6 is 0 Å². The molecular weight excluding hydrogens is 304 g/mol. The molecule has 23 heavy (non-hydrogen) atoms. The summed E-state index contributed by atoms with van der Waals surface area (Å²) in [4.78, 5) is 33.5. The van der Waals surface area contributed by atoms with Crippen molar-refractivity contribution in [2.45, 2.75) is 13.8 Å². The maximum Gasteiger partial charge on any atom is 0.338 e. The fraction of sp³-hybridized carbons (Fsp3) is 0.333. The Morgan fingerprint density at radius 3 is 2.65 bits per heavy atom. The van der Waals surface area contributed by atoms with E-state index in [-0.39, 0.29) is 30.2 Å². The van der Waals surface area contributed by atoms with Crippen LogP contribution in [0, 0.1) is 15.5 Å². The molecule has 0 aliphatic rings. The van der Waals surface area contributed by atoms with Gasteiger partial charge in [0.05, 0.1) is 34.8 Å². The van der Waals surface area contributed by atoms with E-state index >= 15 is 0 Å². The summed E-state index contributed by atoms with van der Waals surface area (Å²) in [5.41, 5.74) is -1.64. The van der Waals surface area contributed by atoms with Gasteiger partial charge in [0.15, 0.2) is 0 Å². The third-order valence-electron chi connectivity index (χ3n) is 3.01. The van der Waals surface area contributed by atoms with E-state index in [2.05, 4.69) is 11.9 Å². The summed E-state index contributed by atoms with van der Waals surface area (Å²) in [6, 6.07) is 3.22. The number of non-ortho nitro benzene ring substituents is 1. The van der Waals surface area contributed by atoms with Crippen molar-refractivity contribution in [2.24, 2.45) is 5.41 Å². The number of nitro benzene ring substituents is 1. The van der Waals surface area contributed by atoms with Gasteiger partial charge >= 0.3 is 5.97 Å². The Hall–Kier alpha value is -2.74. The normalized spacial score (nSPS) is 10.9. The monoisotopic (exact) mass is 322 g/mol. The molecule has 8 nitrogen and oxygen atoms in total. The highest BCUT2D eigenvalue weighted by Gasteiger charge is 2.29. The van der Waals surface area contributed by atoms with Gasteiger partial charge in [0, 0.05) is 12.1 Å². The lowest BCUT2D eigenvalue weighted by Gasteiger charge is -2.23. The van der Waals surface area contributed by atoms with Crippen molar-refractivity contribution in [3.63, 3.8) is 0 Å². The predicted octanol–water partition coefficient (Wildman–Crippen LogP) is 2.46. The highest BCUT2D eigenvalue weighted by atomic mass is 16.6. The molecule has 0 aromatic heterocycles. The SMILES string of the molecule is C=CCOCC(C)(C)C(=O)Nc1ccc([N+](=O)[O-])cc1C(=O)O. The van der Waals surface area contributed by atoms with Gasteiger partial charge in [-0.25, -0.2) is 4.79 Å². The molecule has 0 spiro atoms. The zero-order valence-electron chi connectivity index (χ0n) is 12.9. The number of nitrogens with zero attached hydrogens (tertiary/aromatic N) is 1. The Morgan fingerprint density at radius 2 is 2.13 bits per heavy atom. The third kappa shape index (κ3) is 4.89. The summed E-state index contributed by atoms with van der Waals surface area (Å²) in [7, 11) is 0. The Morgan fingerprint density at radius 1 is 1.48 bits per heavy atom. The van der Waals surface area contributed by atoms with Gasteiger partial charge in [-0.05, 0) is 19.9 Å². The summed E-state index contributed by atoms with van der Waals surface area (Å²) >= 11 is 0. The predicted molar refractivity (Wildman–Crippen MR) is 83.5 cm³/mol.